The fraction of sp³-hybridized carbons (Fsp3) is 0.0667. The van der Waals surface area contributed by atoms with Crippen LogP contribution in [0.25, 0.3) is 6.08 Å². The first-order valence-electron chi connectivity index (χ1n) is 11.3. The minimum Gasteiger partial charge on any atom is -0.454 e. The van der Waals surface area contributed by atoms with Gasteiger partial charge in [0.15, 0.2) is 11.9 Å². The smallest absolute Gasteiger partial charge is 0.343 e. The van der Waals surface area contributed by atoms with E-state index in [1.165, 1.54) is 36.4 Å². The summed E-state index contributed by atoms with van der Waals surface area (Å²) in [6.07, 6.45) is 7.50. The Morgan fingerprint density at radius 2 is 1.25 bits per heavy atom. The second kappa shape index (κ2) is 17.0. The van der Waals surface area contributed by atoms with Crippen molar-refractivity contribution in [3.63, 3.8) is 0 Å². The molecule has 0 fully saturated rings. The number of esters is 4. The van der Waals surface area contributed by atoms with Crippen LogP contribution in [0.1, 0.15) is 28.4 Å². The number of rotatable bonds is 10. The van der Waals surface area contributed by atoms with E-state index < -0.39 is 23.9 Å². The number of carbonyl (C=O) groups excluding carboxylic acids is 4. The summed E-state index contributed by atoms with van der Waals surface area (Å²) in [6, 6.07) is 17.0. The summed E-state index contributed by atoms with van der Waals surface area (Å²) in [7, 11) is 0. The fourth-order valence-electron chi connectivity index (χ4n) is 3.06. The van der Waals surface area contributed by atoms with E-state index in [9.17, 15) is 19.2 Å². The molecule has 0 saturated heterocycles. The Hall–Kier alpha value is -3.86. The van der Waals surface area contributed by atoms with Gasteiger partial charge >= 0.3 is 11.9 Å². The Balaban J connectivity index is 0.00000400. The largest absolute Gasteiger partial charge is 0.454 e. The summed E-state index contributed by atoms with van der Waals surface area (Å²) in [4.78, 5) is 47.2. The summed E-state index contributed by atoms with van der Waals surface area (Å²) < 4.78 is 20.8. The molecular formula is C30H22O8W2-2. The van der Waals surface area contributed by atoms with Crippen LogP contribution in [0, 0.1) is 12.2 Å². The van der Waals surface area contributed by atoms with Crippen LogP contribution in [-0.4, -0.2) is 23.9 Å². The Labute approximate surface area is 260 Å². The maximum atomic E-state index is 12.6. The van der Waals surface area contributed by atoms with Gasteiger partial charge in [-0.1, -0.05) is 19.1 Å². The molecule has 8 nitrogen and oxygen atoms in total. The van der Waals surface area contributed by atoms with E-state index in [1.54, 1.807) is 42.5 Å². The van der Waals surface area contributed by atoms with Gasteiger partial charge in [-0.2, -0.15) is 0 Å². The maximum absolute atomic E-state index is 12.6. The maximum Gasteiger partial charge on any atom is 0.343 e. The molecule has 0 spiro atoms. The van der Waals surface area contributed by atoms with Crippen molar-refractivity contribution in [3.05, 3.63) is 115 Å². The molecule has 0 unspecified atom stereocenters. The van der Waals surface area contributed by atoms with Gasteiger partial charge in [-0.05, 0) is 78.2 Å². The zero-order valence-corrected chi connectivity index (χ0v) is 27.1. The van der Waals surface area contributed by atoms with E-state index >= 15 is 0 Å². The fourth-order valence-corrected chi connectivity index (χ4v) is 3.06. The topological polar surface area (TPSA) is 105 Å². The van der Waals surface area contributed by atoms with E-state index in [2.05, 4.69) is 25.3 Å². The number of hydrogen-bond donors (Lipinski definition) is 0. The second-order valence-corrected chi connectivity index (χ2v) is 7.49. The minimum absolute atomic E-state index is 0. The van der Waals surface area contributed by atoms with Crippen molar-refractivity contribution in [2.45, 2.75) is 13.3 Å². The van der Waals surface area contributed by atoms with Crippen molar-refractivity contribution >= 4 is 30.0 Å². The van der Waals surface area contributed by atoms with Crippen LogP contribution in [0.2, 0.25) is 0 Å². The monoisotopic (exact) mass is 878 g/mol. The molecule has 3 aromatic carbocycles. The first kappa shape index (κ1) is 34.2. The zero-order valence-electron chi connectivity index (χ0n) is 21.2. The van der Waals surface area contributed by atoms with Crippen LogP contribution in [0.4, 0.5) is 0 Å². The molecule has 0 saturated carbocycles. The second-order valence-electron chi connectivity index (χ2n) is 7.49. The molecule has 0 radical (unpaired) electrons. The molecule has 0 aliphatic rings. The normalized spacial score (nSPS) is 9.82. The number of aryl methyl sites for hydroxylation is 1. The van der Waals surface area contributed by atoms with Crippen molar-refractivity contribution in [2.75, 3.05) is 0 Å². The molecule has 0 amide bonds. The number of hydrogen-bond acceptors (Lipinski definition) is 8. The van der Waals surface area contributed by atoms with Crippen LogP contribution in [0.5, 0.6) is 23.0 Å². The number of ether oxygens (including phenoxy) is 4. The third kappa shape index (κ3) is 10.4. The standard InChI is InChI=1S/C30H22O8.2W/c1-4-21-19-25(37-29(33)18-9-20-7-12-23(13-8-20)35-27(31)5-2)16-17-26(21)38-30(34)22-10-14-24(15-11-22)36-28(32)6-3;;/h7-19H,2-4H2,1H3;;/q-2;;/b18-9+;;. The molecule has 204 valence electrons. The molecule has 0 aliphatic heterocycles. The third-order valence-electron chi connectivity index (χ3n) is 4.93. The van der Waals surface area contributed by atoms with E-state index in [-0.39, 0.29) is 59.2 Å². The molecule has 0 aliphatic carbocycles. The van der Waals surface area contributed by atoms with Gasteiger partial charge < -0.3 is 31.1 Å². The van der Waals surface area contributed by atoms with Crippen LogP contribution >= 0.6 is 0 Å². The summed E-state index contributed by atoms with van der Waals surface area (Å²) in [5.74, 6) is -1.47. The van der Waals surface area contributed by atoms with E-state index in [0.717, 1.165) is 0 Å². The SMILES string of the molecule is C=[C-]C(=O)Oc1ccc(/C=C/C(=O)Oc2ccc(OC(=O)c3ccc(OC(=O)[C-]=C)cc3)c(CC)c2)cc1.[W].[W]. The van der Waals surface area contributed by atoms with Gasteiger partial charge in [0.2, 0.25) is 0 Å². The van der Waals surface area contributed by atoms with Gasteiger partial charge in [0, 0.05) is 48.2 Å². The molecule has 3 rings (SSSR count). The predicted molar refractivity (Wildman–Crippen MR) is 137 cm³/mol. The van der Waals surface area contributed by atoms with Crippen LogP contribution in [0.3, 0.4) is 0 Å². The summed E-state index contributed by atoms with van der Waals surface area (Å²) in [6.45, 7) is 8.28. The quantitative estimate of drug-likeness (QED) is 0.123. The van der Waals surface area contributed by atoms with E-state index in [1.807, 2.05) is 6.92 Å². The predicted octanol–water partition coefficient (Wildman–Crippen LogP) is 4.87. The van der Waals surface area contributed by atoms with Gasteiger partial charge in [0.05, 0.1) is 5.56 Å². The summed E-state index contributed by atoms with van der Waals surface area (Å²) in [5.41, 5.74) is 1.59. The molecule has 0 N–H and O–H groups in total. The molecule has 0 bridgehead atoms. The first-order chi connectivity index (χ1) is 18.3. The molecule has 0 atom stereocenters. The molecule has 0 aromatic heterocycles. The van der Waals surface area contributed by atoms with Gasteiger partial charge in [-0.3, -0.25) is 22.7 Å². The summed E-state index contributed by atoms with van der Waals surface area (Å²) in [5, 5.41) is 0. The van der Waals surface area contributed by atoms with Gasteiger partial charge in [0.25, 0.3) is 0 Å². The molecule has 10 heteroatoms. The van der Waals surface area contributed by atoms with Crippen LogP contribution in [-0.2, 0) is 62.9 Å². The van der Waals surface area contributed by atoms with Crippen LogP contribution < -0.4 is 18.9 Å². The molecule has 3 aromatic rings. The Morgan fingerprint density at radius 3 is 1.77 bits per heavy atom. The van der Waals surface area contributed by atoms with Crippen molar-refractivity contribution < 1.29 is 80.3 Å². The van der Waals surface area contributed by atoms with Gasteiger partial charge in [0.1, 0.15) is 23.0 Å². The van der Waals surface area contributed by atoms with E-state index in [4.69, 9.17) is 18.9 Å². The number of carbonyl (C=O) groups is 4. The Kier molecular flexibility index (Phi) is 14.5. The van der Waals surface area contributed by atoms with Crippen LogP contribution in [0.15, 0.2) is 86.0 Å². The average molecular weight is 878 g/mol. The van der Waals surface area contributed by atoms with Crippen molar-refractivity contribution in [1.82, 2.24) is 0 Å². The summed E-state index contributed by atoms with van der Waals surface area (Å²) >= 11 is 0. The van der Waals surface area contributed by atoms with Crippen molar-refractivity contribution in [1.29, 1.82) is 0 Å². The molecule has 40 heavy (non-hydrogen) atoms. The Bertz CT molecular complexity index is 1390. The first-order valence-corrected chi connectivity index (χ1v) is 11.3. The van der Waals surface area contributed by atoms with E-state index in [0.29, 0.717) is 29.0 Å². The zero-order chi connectivity index (χ0) is 27.5. The molecular weight excluding hydrogens is 856 g/mol. The van der Waals surface area contributed by atoms with Gasteiger partial charge in [-0.15, -0.1) is 0 Å². The number of benzene rings is 3. The van der Waals surface area contributed by atoms with Crippen molar-refractivity contribution in [2.24, 2.45) is 0 Å². The average Bonchev–Trinajstić information content (AvgIpc) is 2.93. The molecule has 0 heterocycles. The van der Waals surface area contributed by atoms with Crippen molar-refractivity contribution in [3.8, 4) is 23.0 Å². The minimum atomic E-state index is -0.731. The third-order valence-corrected chi connectivity index (χ3v) is 4.93. The Morgan fingerprint density at radius 1 is 0.725 bits per heavy atom. The van der Waals surface area contributed by atoms with Gasteiger partial charge in [-0.25, -0.2) is 9.59 Å².